The average Bonchev–Trinajstić information content (AvgIpc) is 3.20. The van der Waals surface area contributed by atoms with Gasteiger partial charge in [0.25, 0.3) is 0 Å². The highest BCUT2D eigenvalue weighted by Gasteiger charge is 2.40. The van der Waals surface area contributed by atoms with E-state index in [9.17, 15) is 15.2 Å². The van der Waals surface area contributed by atoms with Crippen molar-refractivity contribution in [1.29, 1.82) is 0 Å². The minimum atomic E-state index is -0.571. The number of aromatic hydroxyl groups is 1. The fraction of sp³-hybridized carbons (Fsp3) is 0.286. The Morgan fingerprint density at radius 3 is 3.00 bits per heavy atom. The van der Waals surface area contributed by atoms with E-state index in [1.807, 2.05) is 10.1 Å². The molecule has 2 aliphatic rings. The van der Waals surface area contributed by atoms with E-state index in [2.05, 4.69) is 22.1 Å². The number of nitrogens with zero attached hydrogens (tertiary/aromatic N) is 5. The molecule has 24 heavy (non-hydrogen) atoms. The SMILES string of the molecule is CCCc1nnc2n1N1C(=CSC1c1ccc(O)c([N+](=O)[O-])c1)S2. The van der Waals surface area contributed by atoms with E-state index in [1.54, 1.807) is 17.8 Å². The van der Waals surface area contributed by atoms with Gasteiger partial charge in [0.1, 0.15) is 10.4 Å². The van der Waals surface area contributed by atoms with Gasteiger partial charge in [-0.3, -0.25) is 15.1 Å². The Morgan fingerprint density at radius 2 is 2.25 bits per heavy atom. The van der Waals surface area contributed by atoms with Crippen LogP contribution in [0.1, 0.15) is 30.1 Å². The maximum absolute atomic E-state index is 11.1. The maximum Gasteiger partial charge on any atom is 0.311 e. The smallest absolute Gasteiger partial charge is 0.311 e. The second-order valence-corrected chi connectivity index (χ2v) is 7.30. The lowest BCUT2D eigenvalue weighted by atomic mass is 10.2. The third kappa shape index (κ3) is 2.25. The van der Waals surface area contributed by atoms with E-state index in [-0.39, 0.29) is 16.8 Å². The predicted molar refractivity (Wildman–Crippen MR) is 91.3 cm³/mol. The molecule has 3 heterocycles. The number of phenols is 1. The fourth-order valence-corrected chi connectivity index (χ4v) is 4.97. The third-order valence-electron chi connectivity index (χ3n) is 3.79. The topological polar surface area (TPSA) is 97.3 Å². The Hall–Kier alpha value is -2.20. The lowest BCUT2D eigenvalue weighted by molar-refractivity contribution is -0.385. The first-order chi connectivity index (χ1) is 11.6. The van der Waals surface area contributed by atoms with Crippen molar-refractivity contribution < 1.29 is 10.0 Å². The summed E-state index contributed by atoms with van der Waals surface area (Å²) in [7, 11) is 0. The molecule has 1 N–H and O–H groups in total. The molecule has 0 saturated carbocycles. The van der Waals surface area contributed by atoms with Gasteiger partial charge in [0.05, 0.1) is 4.92 Å². The van der Waals surface area contributed by atoms with Gasteiger partial charge in [0, 0.05) is 17.9 Å². The van der Waals surface area contributed by atoms with E-state index < -0.39 is 4.92 Å². The first-order valence-electron chi connectivity index (χ1n) is 7.34. The van der Waals surface area contributed by atoms with Crippen molar-refractivity contribution in [3.8, 4) is 5.75 Å². The summed E-state index contributed by atoms with van der Waals surface area (Å²) in [4.78, 5) is 10.5. The average molecular weight is 363 g/mol. The number of aromatic nitrogens is 3. The van der Waals surface area contributed by atoms with Gasteiger partial charge in [-0.1, -0.05) is 24.8 Å². The first kappa shape index (κ1) is 15.3. The molecule has 1 atom stereocenters. The third-order valence-corrected chi connectivity index (χ3v) is 5.98. The first-order valence-corrected chi connectivity index (χ1v) is 9.10. The molecule has 124 valence electrons. The maximum atomic E-state index is 11.1. The van der Waals surface area contributed by atoms with Crippen molar-refractivity contribution >= 4 is 29.2 Å². The highest BCUT2D eigenvalue weighted by molar-refractivity contribution is 8.07. The fourth-order valence-electron chi connectivity index (χ4n) is 2.73. The Kier molecular flexibility index (Phi) is 3.65. The summed E-state index contributed by atoms with van der Waals surface area (Å²) < 4.78 is 1.99. The molecule has 0 amide bonds. The van der Waals surface area contributed by atoms with Crippen molar-refractivity contribution in [3.05, 3.63) is 50.1 Å². The van der Waals surface area contributed by atoms with Crippen LogP contribution in [-0.4, -0.2) is 24.9 Å². The molecular weight excluding hydrogens is 350 g/mol. The molecule has 0 radical (unpaired) electrons. The van der Waals surface area contributed by atoms with Gasteiger partial charge in [-0.2, -0.15) is 0 Å². The zero-order valence-electron chi connectivity index (χ0n) is 12.6. The minimum Gasteiger partial charge on any atom is -0.502 e. The van der Waals surface area contributed by atoms with Crippen molar-refractivity contribution in [2.24, 2.45) is 0 Å². The van der Waals surface area contributed by atoms with E-state index in [1.165, 1.54) is 23.9 Å². The summed E-state index contributed by atoms with van der Waals surface area (Å²) >= 11 is 3.11. The van der Waals surface area contributed by atoms with Gasteiger partial charge in [0.15, 0.2) is 11.6 Å². The minimum absolute atomic E-state index is 0.153. The van der Waals surface area contributed by atoms with Crippen LogP contribution in [0.2, 0.25) is 0 Å². The molecule has 10 heteroatoms. The zero-order valence-corrected chi connectivity index (χ0v) is 14.3. The zero-order chi connectivity index (χ0) is 16.8. The quantitative estimate of drug-likeness (QED) is 0.653. The van der Waals surface area contributed by atoms with Crippen LogP contribution in [0.4, 0.5) is 5.69 Å². The summed E-state index contributed by atoms with van der Waals surface area (Å²) in [6.45, 7) is 2.08. The monoisotopic (exact) mass is 363 g/mol. The van der Waals surface area contributed by atoms with Crippen LogP contribution in [0.3, 0.4) is 0 Å². The van der Waals surface area contributed by atoms with Gasteiger partial charge in [-0.15, -0.1) is 10.2 Å². The Morgan fingerprint density at radius 1 is 1.42 bits per heavy atom. The summed E-state index contributed by atoms with van der Waals surface area (Å²) in [5.41, 5.74) is 0.464. The van der Waals surface area contributed by atoms with E-state index in [0.29, 0.717) is 0 Å². The van der Waals surface area contributed by atoms with Crippen molar-refractivity contribution in [2.45, 2.75) is 30.3 Å². The number of aryl methyl sites for hydroxylation is 1. The van der Waals surface area contributed by atoms with Crippen molar-refractivity contribution in [3.63, 3.8) is 0 Å². The van der Waals surface area contributed by atoms with Crippen LogP contribution >= 0.6 is 23.5 Å². The normalized spacial score (nSPS) is 18.5. The summed E-state index contributed by atoms with van der Waals surface area (Å²) in [6, 6.07) is 4.51. The molecule has 4 rings (SSSR count). The van der Waals surface area contributed by atoms with E-state index in [0.717, 1.165) is 34.4 Å². The summed E-state index contributed by atoms with van der Waals surface area (Å²) in [5.74, 6) is 0.552. The van der Waals surface area contributed by atoms with Crippen LogP contribution in [0.5, 0.6) is 5.75 Å². The van der Waals surface area contributed by atoms with Gasteiger partial charge in [0.2, 0.25) is 5.16 Å². The molecule has 1 aromatic heterocycles. The second-order valence-electron chi connectivity index (χ2n) is 5.36. The van der Waals surface area contributed by atoms with Gasteiger partial charge in [-0.25, -0.2) is 4.68 Å². The lowest BCUT2D eigenvalue weighted by Crippen LogP contribution is -2.30. The van der Waals surface area contributed by atoms with Crippen LogP contribution in [0.15, 0.2) is 33.8 Å². The van der Waals surface area contributed by atoms with Crippen LogP contribution < -0.4 is 5.01 Å². The molecule has 0 aliphatic carbocycles. The predicted octanol–water partition coefficient (Wildman–Crippen LogP) is 3.13. The standard InChI is InChI=1S/C14H13N5O3S2/c1-2-3-11-15-16-14-17(11)18-12(24-14)7-23-13(18)8-4-5-10(20)9(6-8)19(21)22/h4-7,13,20H,2-3H2,1H3. The summed E-state index contributed by atoms with van der Waals surface area (Å²) in [6.07, 6.45) is 1.77. The Labute approximate surface area is 145 Å². The molecule has 0 saturated heterocycles. The largest absolute Gasteiger partial charge is 0.502 e. The van der Waals surface area contributed by atoms with Crippen molar-refractivity contribution in [1.82, 2.24) is 14.9 Å². The van der Waals surface area contributed by atoms with Crippen molar-refractivity contribution in [2.75, 3.05) is 5.01 Å². The lowest BCUT2D eigenvalue weighted by Gasteiger charge is -2.25. The number of phenolic OH excluding ortho intramolecular Hbond substituents is 1. The number of thioether (sulfide) groups is 2. The van der Waals surface area contributed by atoms with Crippen LogP contribution in [0, 0.1) is 10.1 Å². The molecule has 1 unspecified atom stereocenters. The molecule has 0 fully saturated rings. The molecule has 0 spiro atoms. The Bertz CT molecular complexity index is 866. The van der Waals surface area contributed by atoms with E-state index in [4.69, 9.17) is 0 Å². The Balaban J connectivity index is 1.75. The number of benzene rings is 1. The van der Waals surface area contributed by atoms with Crippen LogP contribution in [-0.2, 0) is 6.42 Å². The molecular formula is C14H13N5O3S2. The molecule has 2 aliphatic heterocycles. The number of hydrogen-bond acceptors (Lipinski definition) is 8. The summed E-state index contributed by atoms with van der Waals surface area (Å²) in [5, 5.41) is 35.0. The van der Waals surface area contributed by atoms with Gasteiger partial charge in [-0.05, 0) is 29.8 Å². The number of nitro benzene ring substituents is 1. The molecule has 2 aromatic rings. The highest BCUT2D eigenvalue weighted by Crippen LogP contribution is 2.51. The molecule has 0 bridgehead atoms. The number of hydrogen-bond donors (Lipinski definition) is 1. The number of rotatable bonds is 4. The van der Waals surface area contributed by atoms with Crippen LogP contribution in [0.25, 0.3) is 0 Å². The molecule has 1 aromatic carbocycles. The van der Waals surface area contributed by atoms with Gasteiger partial charge >= 0.3 is 5.69 Å². The molecule has 8 nitrogen and oxygen atoms in total. The second kappa shape index (κ2) is 5.71. The number of nitro groups is 1. The number of fused-ring (bicyclic) bond motifs is 3. The van der Waals surface area contributed by atoms with E-state index >= 15 is 0 Å². The highest BCUT2D eigenvalue weighted by atomic mass is 32.2. The van der Waals surface area contributed by atoms with Gasteiger partial charge < -0.3 is 5.11 Å².